The molecule has 0 radical (unpaired) electrons. The number of fused-ring (bicyclic) bond motifs is 1. The minimum Gasteiger partial charge on any atom is -0.490 e. The Balaban J connectivity index is 1.74. The summed E-state index contributed by atoms with van der Waals surface area (Å²) in [6, 6.07) is 11.2. The predicted molar refractivity (Wildman–Crippen MR) is 131 cm³/mol. The van der Waals surface area contributed by atoms with E-state index in [0.29, 0.717) is 19.7 Å². The topological polar surface area (TPSA) is 48.1 Å². The first-order chi connectivity index (χ1) is 16.7. The lowest BCUT2D eigenvalue weighted by Crippen LogP contribution is -2.39. The van der Waals surface area contributed by atoms with Crippen molar-refractivity contribution in [1.29, 1.82) is 0 Å². The molecule has 0 aliphatic carbocycles. The SMILES string of the molecule is CCCN1CCOc2c(cccc2NCC(=O)N(CCN(C)C)Cc2ccccc2C(F)(F)F)C1. The Morgan fingerprint density at radius 2 is 1.89 bits per heavy atom. The van der Waals surface area contributed by atoms with Crippen molar-refractivity contribution in [3.05, 3.63) is 59.2 Å². The van der Waals surface area contributed by atoms with Crippen LogP contribution in [0.5, 0.6) is 5.75 Å². The summed E-state index contributed by atoms with van der Waals surface area (Å²) in [5, 5.41) is 3.18. The molecule has 0 atom stereocenters. The molecule has 1 heterocycles. The molecule has 0 bridgehead atoms. The molecule has 0 saturated carbocycles. The fraction of sp³-hybridized carbons (Fsp3) is 0.500. The molecular weight excluding hydrogens is 457 g/mol. The molecule has 2 aromatic rings. The molecule has 0 fully saturated rings. The Morgan fingerprint density at radius 1 is 1.11 bits per heavy atom. The molecule has 6 nitrogen and oxygen atoms in total. The number of rotatable bonds is 10. The lowest BCUT2D eigenvalue weighted by Gasteiger charge is -2.26. The number of carbonyl (C=O) groups is 1. The van der Waals surface area contributed by atoms with Crippen LogP contribution in [0.2, 0.25) is 0 Å². The van der Waals surface area contributed by atoms with Crippen molar-refractivity contribution in [2.45, 2.75) is 32.6 Å². The van der Waals surface area contributed by atoms with E-state index in [-0.39, 0.29) is 24.6 Å². The van der Waals surface area contributed by atoms with Crippen molar-refractivity contribution in [3.8, 4) is 5.75 Å². The van der Waals surface area contributed by atoms with Crippen LogP contribution in [-0.2, 0) is 24.1 Å². The molecular formula is C26H35F3N4O2. The van der Waals surface area contributed by atoms with Gasteiger partial charge in [0, 0.05) is 38.3 Å². The van der Waals surface area contributed by atoms with Crippen LogP contribution in [0.3, 0.4) is 0 Å². The summed E-state index contributed by atoms with van der Waals surface area (Å²) in [7, 11) is 3.73. The van der Waals surface area contributed by atoms with Gasteiger partial charge in [0.25, 0.3) is 0 Å². The third-order valence-electron chi connectivity index (χ3n) is 5.97. The molecule has 1 aliphatic rings. The molecule has 0 unspecified atom stereocenters. The van der Waals surface area contributed by atoms with Crippen LogP contribution in [0.4, 0.5) is 18.9 Å². The second kappa shape index (κ2) is 12.3. The predicted octanol–water partition coefficient (Wildman–Crippen LogP) is 4.31. The number of benzene rings is 2. The Labute approximate surface area is 205 Å². The first-order valence-electron chi connectivity index (χ1n) is 12.0. The van der Waals surface area contributed by atoms with Gasteiger partial charge in [0.05, 0.1) is 17.8 Å². The van der Waals surface area contributed by atoms with Crippen LogP contribution in [0, 0.1) is 0 Å². The van der Waals surface area contributed by atoms with E-state index >= 15 is 0 Å². The zero-order chi connectivity index (χ0) is 25.4. The fourth-order valence-electron chi connectivity index (χ4n) is 4.16. The molecule has 0 spiro atoms. The number of hydrogen-bond acceptors (Lipinski definition) is 5. The zero-order valence-electron chi connectivity index (χ0n) is 20.7. The van der Waals surface area contributed by atoms with Crippen LogP contribution in [0.15, 0.2) is 42.5 Å². The van der Waals surface area contributed by atoms with Gasteiger partial charge in [-0.15, -0.1) is 0 Å². The lowest BCUT2D eigenvalue weighted by molar-refractivity contribution is -0.139. The number of alkyl halides is 3. The number of hydrogen-bond donors (Lipinski definition) is 1. The largest absolute Gasteiger partial charge is 0.490 e. The summed E-state index contributed by atoms with van der Waals surface area (Å²) >= 11 is 0. The van der Waals surface area contributed by atoms with Crippen molar-refractivity contribution >= 4 is 11.6 Å². The first kappa shape index (κ1) is 26.8. The number of nitrogens with one attached hydrogen (secondary N) is 1. The first-order valence-corrected chi connectivity index (χ1v) is 12.0. The van der Waals surface area contributed by atoms with E-state index in [4.69, 9.17) is 4.74 Å². The fourth-order valence-corrected chi connectivity index (χ4v) is 4.16. The molecule has 1 aliphatic heterocycles. The van der Waals surface area contributed by atoms with E-state index in [1.165, 1.54) is 17.0 Å². The molecule has 2 aromatic carbocycles. The number of ether oxygens (including phenoxy) is 1. The standard InChI is InChI=1S/C26H35F3N4O2/c1-4-12-32-15-16-35-25-21(18-32)9-7-11-23(25)30-17-24(34)33(14-13-31(2)3)19-20-8-5-6-10-22(20)26(27,28)29/h5-11,30H,4,12-19H2,1-3H3. The second-order valence-electron chi connectivity index (χ2n) is 9.05. The minimum absolute atomic E-state index is 0.0416. The van der Waals surface area contributed by atoms with E-state index in [1.54, 1.807) is 6.07 Å². The molecule has 1 amide bonds. The van der Waals surface area contributed by atoms with E-state index < -0.39 is 11.7 Å². The summed E-state index contributed by atoms with van der Waals surface area (Å²) < 4.78 is 46.6. The summed E-state index contributed by atoms with van der Waals surface area (Å²) in [6.45, 7) is 5.99. The van der Waals surface area contributed by atoms with Crippen molar-refractivity contribution in [2.75, 3.05) is 58.7 Å². The molecule has 0 saturated heterocycles. The summed E-state index contributed by atoms with van der Waals surface area (Å²) in [4.78, 5) is 18.9. The third-order valence-corrected chi connectivity index (χ3v) is 5.97. The van der Waals surface area contributed by atoms with E-state index in [9.17, 15) is 18.0 Å². The lowest BCUT2D eigenvalue weighted by atomic mass is 10.1. The normalized spacial score (nSPS) is 14.3. The molecule has 9 heteroatoms. The Bertz CT molecular complexity index is 981. The van der Waals surface area contributed by atoms with Gasteiger partial charge in [-0.1, -0.05) is 37.3 Å². The van der Waals surface area contributed by atoms with Gasteiger partial charge in [-0.2, -0.15) is 13.2 Å². The number of carbonyl (C=O) groups excluding carboxylic acids is 1. The Kier molecular flexibility index (Phi) is 9.40. The number of nitrogens with zero attached hydrogens (tertiary/aromatic N) is 3. The minimum atomic E-state index is -4.48. The second-order valence-corrected chi connectivity index (χ2v) is 9.05. The molecule has 3 rings (SSSR count). The van der Waals surface area contributed by atoms with Crippen LogP contribution in [0.25, 0.3) is 0 Å². The van der Waals surface area contributed by atoms with Gasteiger partial charge in [0.1, 0.15) is 12.4 Å². The summed E-state index contributed by atoms with van der Waals surface area (Å²) in [6.07, 6.45) is -3.42. The van der Waals surface area contributed by atoms with Crippen LogP contribution in [0.1, 0.15) is 30.0 Å². The van der Waals surface area contributed by atoms with Gasteiger partial charge in [-0.3, -0.25) is 9.69 Å². The molecule has 0 aromatic heterocycles. The highest BCUT2D eigenvalue weighted by molar-refractivity contribution is 5.81. The maximum atomic E-state index is 13.5. The number of para-hydroxylation sites is 1. The number of halogens is 3. The smallest absolute Gasteiger partial charge is 0.416 e. The van der Waals surface area contributed by atoms with E-state index in [1.807, 2.05) is 37.2 Å². The maximum Gasteiger partial charge on any atom is 0.416 e. The van der Waals surface area contributed by atoms with Crippen molar-refractivity contribution in [2.24, 2.45) is 0 Å². The number of anilines is 1. The van der Waals surface area contributed by atoms with E-state index in [2.05, 4.69) is 17.1 Å². The number of likely N-dealkylation sites (N-methyl/N-ethyl adjacent to an activating group) is 1. The quantitative estimate of drug-likeness (QED) is 0.536. The van der Waals surface area contributed by atoms with Gasteiger partial charge in [0.15, 0.2) is 0 Å². The summed E-state index contributed by atoms with van der Waals surface area (Å²) in [5.41, 5.74) is 1.14. The highest BCUT2D eigenvalue weighted by Gasteiger charge is 2.33. The van der Waals surface area contributed by atoms with Crippen molar-refractivity contribution in [1.82, 2.24) is 14.7 Å². The maximum absolute atomic E-state index is 13.5. The van der Waals surface area contributed by atoms with Crippen molar-refractivity contribution in [3.63, 3.8) is 0 Å². The Morgan fingerprint density at radius 3 is 2.60 bits per heavy atom. The number of amides is 1. The van der Waals surface area contributed by atoms with Crippen LogP contribution in [-0.4, -0.2) is 74.0 Å². The van der Waals surface area contributed by atoms with Crippen LogP contribution < -0.4 is 10.1 Å². The Hall–Kier alpha value is -2.78. The molecule has 35 heavy (non-hydrogen) atoms. The summed E-state index contributed by atoms with van der Waals surface area (Å²) in [5.74, 6) is 0.462. The van der Waals surface area contributed by atoms with E-state index in [0.717, 1.165) is 49.1 Å². The zero-order valence-corrected chi connectivity index (χ0v) is 20.7. The third kappa shape index (κ3) is 7.60. The van der Waals surface area contributed by atoms with Crippen LogP contribution >= 0.6 is 0 Å². The average molecular weight is 493 g/mol. The molecule has 192 valence electrons. The highest BCUT2D eigenvalue weighted by Crippen LogP contribution is 2.33. The molecule has 1 N–H and O–H groups in total. The van der Waals surface area contributed by atoms with Gasteiger partial charge < -0.3 is 19.9 Å². The average Bonchev–Trinajstić information content (AvgIpc) is 3.02. The highest BCUT2D eigenvalue weighted by atomic mass is 19.4. The monoisotopic (exact) mass is 492 g/mol. The van der Waals surface area contributed by atoms with Gasteiger partial charge in [-0.05, 0) is 44.8 Å². The van der Waals surface area contributed by atoms with Crippen molar-refractivity contribution < 1.29 is 22.7 Å². The van der Waals surface area contributed by atoms with Gasteiger partial charge in [0.2, 0.25) is 5.91 Å². The van der Waals surface area contributed by atoms with Gasteiger partial charge >= 0.3 is 6.18 Å². The van der Waals surface area contributed by atoms with Gasteiger partial charge in [-0.25, -0.2) is 0 Å².